The van der Waals surface area contributed by atoms with E-state index < -0.39 is 0 Å². The molecule has 1 fully saturated rings. The van der Waals surface area contributed by atoms with E-state index in [-0.39, 0.29) is 18.2 Å². The summed E-state index contributed by atoms with van der Waals surface area (Å²) in [4.78, 5) is 10.7. The van der Waals surface area contributed by atoms with Crippen molar-refractivity contribution in [1.29, 1.82) is 0 Å². The first-order valence-corrected chi connectivity index (χ1v) is 3.95. The average molecular weight is 176 g/mol. The molecule has 4 heteroatoms. The largest absolute Gasteiger partial charge is 0.443 e. The van der Waals surface area contributed by atoms with E-state index in [1.165, 1.54) is 0 Å². The second-order valence-electron chi connectivity index (χ2n) is 2.37. The molecule has 1 amide bonds. The smallest absolute Gasteiger partial charge is 0.407 e. The van der Waals surface area contributed by atoms with Gasteiger partial charge in [0.05, 0.1) is 11.9 Å². The van der Waals surface area contributed by atoms with Gasteiger partial charge in [-0.25, -0.2) is 4.79 Å². The van der Waals surface area contributed by atoms with E-state index in [0.29, 0.717) is 12.3 Å². The first kappa shape index (κ1) is 8.40. The predicted octanol–water partition coefficient (Wildman–Crippen LogP) is 1.28. The summed E-state index contributed by atoms with van der Waals surface area (Å²) in [6.45, 7) is 3.57. The van der Waals surface area contributed by atoms with Crippen LogP contribution in [0.2, 0.25) is 0 Å². The molecule has 3 nitrogen and oxygen atoms in total. The van der Waals surface area contributed by atoms with E-state index in [0.717, 1.165) is 0 Å². The zero-order chi connectivity index (χ0) is 8.27. The molecule has 1 heterocycles. The maximum atomic E-state index is 10.7. The number of carbonyl (C=O) groups is 1. The standard InChI is InChI=1S/C7H10ClNO2/c1-2-3-5-6(4-8)11-7(10)9-5/h2,5-6H,1,3-4H2,(H,9,10)/t5-,6+/m0/s1. The van der Waals surface area contributed by atoms with Crippen LogP contribution in [-0.4, -0.2) is 24.1 Å². The summed E-state index contributed by atoms with van der Waals surface area (Å²) in [6.07, 6.45) is 1.84. The molecule has 11 heavy (non-hydrogen) atoms. The topological polar surface area (TPSA) is 38.3 Å². The fourth-order valence-electron chi connectivity index (χ4n) is 1.03. The second-order valence-corrected chi connectivity index (χ2v) is 2.68. The van der Waals surface area contributed by atoms with Crippen molar-refractivity contribution < 1.29 is 9.53 Å². The van der Waals surface area contributed by atoms with Gasteiger partial charge in [-0.2, -0.15) is 0 Å². The van der Waals surface area contributed by atoms with Gasteiger partial charge < -0.3 is 10.1 Å². The first-order valence-electron chi connectivity index (χ1n) is 3.42. The Labute approximate surface area is 70.4 Å². The average Bonchev–Trinajstić information content (AvgIpc) is 2.32. The van der Waals surface area contributed by atoms with E-state index in [2.05, 4.69) is 11.9 Å². The summed E-state index contributed by atoms with van der Waals surface area (Å²) in [5, 5.41) is 2.64. The Bertz CT molecular complexity index is 172. The lowest BCUT2D eigenvalue weighted by molar-refractivity contribution is 0.143. The van der Waals surface area contributed by atoms with Gasteiger partial charge in [0.15, 0.2) is 0 Å². The van der Waals surface area contributed by atoms with Crippen LogP contribution in [-0.2, 0) is 4.74 Å². The molecule has 0 radical (unpaired) electrons. The molecule has 0 unspecified atom stereocenters. The molecule has 0 saturated carbocycles. The van der Waals surface area contributed by atoms with Crippen molar-refractivity contribution in [2.45, 2.75) is 18.6 Å². The number of halogens is 1. The number of amides is 1. The molecule has 0 aromatic heterocycles. The third kappa shape index (κ3) is 1.87. The van der Waals surface area contributed by atoms with Crippen LogP contribution in [0.1, 0.15) is 6.42 Å². The van der Waals surface area contributed by atoms with Crippen molar-refractivity contribution in [3.05, 3.63) is 12.7 Å². The van der Waals surface area contributed by atoms with Crippen LogP contribution in [0.15, 0.2) is 12.7 Å². The molecule has 2 atom stereocenters. The highest BCUT2D eigenvalue weighted by Crippen LogP contribution is 2.13. The van der Waals surface area contributed by atoms with E-state index in [1.807, 2.05) is 0 Å². The molecule has 1 aliphatic heterocycles. The van der Waals surface area contributed by atoms with E-state index in [4.69, 9.17) is 16.3 Å². The van der Waals surface area contributed by atoms with Gasteiger partial charge in [-0.15, -0.1) is 18.2 Å². The van der Waals surface area contributed by atoms with Crippen LogP contribution in [0.4, 0.5) is 4.79 Å². The van der Waals surface area contributed by atoms with E-state index in [1.54, 1.807) is 6.08 Å². The lowest BCUT2D eigenvalue weighted by Gasteiger charge is -2.10. The Morgan fingerprint density at radius 3 is 3.09 bits per heavy atom. The lowest BCUT2D eigenvalue weighted by Crippen LogP contribution is -2.31. The Kier molecular flexibility index (Phi) is 2.76. The minimum Gasteiger partial charge on any atom is -0.443 e. The molecule has 1 aliphatic rings. The predicted molar refractivity (Wildman–Crippen MR) is 42.7 cm³/mol. The fourth-order valence-corrected chi connectivity index (χ4v) is 1.31. The van der Waals surface area contributed by atoms with Gasteiger partial charge in [-0.3, -0.25) is 0 Å². The van der Waals surface area contributed by atoms with Gasteiger partial charge >= 0.3 is 6.09 Å². The minimum absolute atomic E-state index is 0.00231. The van der Waals surface area contributed by atoms with Crippen molar-refractivity contribution in [1.82, 2.24) is 5.32 Å². The highest BCUT2D eigenvalue weighted by atomic mass is 35.5. The summed E-state index contributed by atoms with van der Waals surface area (Å²) < 4.78 is 4.85. The third-order valence-corrected chi connectivity index (χ3v) is 1.89. The monoisotopic (exact) mass is 175 g/mol. The zero-order valence-corrected chi connectivity index (χ0v) is 6.80. The van der Waals surface area contributed by atoms with Crippen LogP contribution >= 0.6 is 11.6 Å². The fraction of sp³-hybridized carbons (Fsp3) is 0.571. The number of hydrogen-bond acceptors (Lipinski definition) is 2. The molecule has 1 rings (SSSR count). The van der Waals surface area contributed by atoms with Crippen molar-refractivity contribution >= 4 is 17.7 Å². The minimum atomic E-state index is -0.387. The highest BCUT2D eigenvalue weighted by Gasteiger charge is 2.31. The number of rotatable bonds is 3. The number of cyclic esters (lactones) is 1. The molecular weight excluding hydrogens is 166 g/mol. The van der Waals surface area contributed by atoms with Crippen molar-refractivity contribution in [2.24, 2.45) is 0 Å². The Hall–Kier alpha value is -0.700. The van der Waals surface area contributed by atoms with Crippen LogP contribution in [0.25, 0.3) is 0 Å². The van der Waals surface area contributed by atoms with Gasteiger partial charge in [-0.05, 0) is 6.42 Å². The maximum Gasteiger partial charge on any atom is 0.407 e. The van der Waals surface area contributed by atoms with E-state index >= 15 is 0 Å². The summed E-state index contributed by atoms with van der Waals surface area (Å²) in [6, 6.07) is -0.00231. The van der Waals surface area contributed by atoms with Crippen LogP contribution in [0, 0.1) is 0 Å². The molecule has 0 aromatic rings. The van der Waals surface area contributed by atoms with Gasteiger partial charge in [0.25, 0.3) is 0 Å². The van der Waals surface area contributed by atoms with E-state index in [9.17, 15) is 4.79 Å². The van der Waals surface area contributed by atoms with Crippen molar-refractivity contribution in [3.63, 3.8) is 0 Å². The SMILES string of the molecule is C=CC[C@@H]1NC(=O)O[C@@H]1CCl. The van der Waals surface area contributed by atoms with Gasteiger partial charge in [0, 0.05) is 0 Å². The molecule has 0 aliphatic carbocycles. The summed E-state index contributed by atoms with van der Waals surface area (Å²) in [5.74, 6) is 0.331. The molecule has 1 N–H and O–H groups in total. The van der Waals surface area contributed by atoms with Gasteiger partial charge in [-0.1, -0.05) is 6.08 Å². The van der Waals surface area contributed by atoms with Crippen LogP contribution in [0.5, 0.6) is 0 Å². The summed E-state index contributed by atoms with van der Waals surface area (Å²) >= 11 is 5.55. The van der Waals surface area contributed by atoms with Crippen molar-refractivity contribution in [3.8, 4) is 0 Å². The Morgan fingerprint density at radius 1 is 1.82 bits per heavy atom. The molecule has 0 aromatic carbocycles. The number of ether oxygens (including phenoxy) is 1. The number of hydrogen-bond donors (Lipinski definition) is 1. The second kappa shape index (κ2) is 3.62. The first-order chi connectivity index (χ1) is 5.27. The number of nitrogens with one attached hydrogen (secondary N) is 1. The number of alkyl halides is 1. The van der Waals surface area contributed by atoms with Gasteiger partial charge in [0.1, 0.15) is 6.10 Å². The summed E-state index contributed by atoms with van der Waals surface area (Å²) in [7, 11) is 0. The third-order valence-electron chi connectivity index (χ3n) is 1.58. The number of alkyl carbamates (subject to hydrolysis) is 1. The van der Waals surface area contributed by atoms with Crippen molar-refractivity contribution in [2.75, 3.05) is 5.88 Å². The molecule has 62 valence electrons. The highest BCUT2D eigenvalue weighted by molar-refractivity contribution is 6.18. The van der Waals surface area contributed by atoms with Crippen LogP contribution < -0.4 is 5.32 Å². The molecular formula is C7H10ClNO2. The molecule has 0 bridgehead atoms. The maximum absolute atomic E-state index is 10.7. The normalized spacial score (nSPS) is 29.4. The lowest BCUT2D eigenvalue weighted by atomic mass is 10.1. The quantitative estimate of drug-likeness (QED) is 0.519. The number of carbonyl (C=O) groups excluding carboxylic acids is 1. The summed E-state index contributed by atoms with van der Waals surface area (Å²) in [5.41, 5.74) is 0. The molecule has 1 saturated heterocycles. The van der Waals surface area contributed by atoms with Crippen LogP contribution in [0.3, 0.4) is 0 Å². The zero-order valence-electron chi connectivity index (χ0n) is 6.05. The van der Waals surface area contributed by atoms with Gasteiger partial charge in [0.2, 0.25) is 0 Å². The Balaban J connectivity index is 2.49. The Morgan fingerprint density at radius 2 is 2.55 bits per heavy atom. The molecule has 0 spiro atoms.